The number of aliphatic hydroxyl groups is 1. The summed E-state index contributed by atoms with van der Waals surface area (Å²) in [5, 5.41) is 12.6. The summed E-state index contributed by atoms with van der Waals surface area (Å²) in [6.07, 6.45) is 10.1. The van der Waals surface area contributed by atoms with Crippen molar-refractivity contribution in [2.24, 2.45) is 16.7 Å². The number of nitrogens with zero attached hydrogens (tertiary/aromatic N) is 2. The molecule has 2 aromatic carbocycles. The zero-order chi connectivity index (χ0) is 41.4. The number of hydrogen-bond acceptors (Lipinski definition) is 5. The molecule has 1 aliphatic rings. The zero-order valence-electron chi connectivity index (χ0n) is 37.0. The Morgan fingerprint density at radius 1 is 0.930 bits per heavy atom. The molecular formula is C51H65IrN2O2S-. The predicted molar refractivity (Wildman–Crippen MR) is 242 cm³/mol. The molecule has 6 heteroatoms. The molecule has 3 heterocycles. The molecule has 0 saturated heterocycles. The first-order chi connectivity index (χ1) is 26.2. The number of benzene rings is 2. The van der Waals surface area contributed by atoms with Gasteiger partial charge in [0.15, 0.2) is 5.78 Å². The fourth-order valence-corrected chi connectivity index (χ4v) is 9.08. The van der Waals surface area contributed by atoms with Crippen LogP contribution in [0.25, 0.3) is 48.9 Å². The molecule has 0 amide bonds. The van der Waals surface area contributed by atoms with Crippen LogP contribution in [0, 0.1) is 22.8 Å². The molecule has 0 fully saturated rings. The average molecular weight is 962 g/mol. The Bertz CT molecular complexity index is 2290. The zero-order valence-corrected chi connectivity index (χ0v) is 40.2. The molecule has 0 saturated carbocycles. The second-order valence-electron chi connectivity index (χ2n) is 18.6. The van der Waals surface area contributed by atoms with Gasteiger partial charge in [-0.2, -0.15) is 0 Å². The summed E-state index contributed by atoms with van der Waals surface area (Å²) < 4.78 is 1.35. The van der Waals surface area contributed by atoms with Crippen LogP contribution < -0.4 is 0 Å². The second-order valence-corrected chi connectivity index (χ2v) is 19.7. The van der Waals surface area contributed by atoms with Gasteiger partial charge >= 0.3 is 0 Å². The van der Waals surface area contributed by atoms with Crippen LogP contribution in [0.15, 0.2) is 72.6 Å². The first-order valence-electron chi connectivity index (χ1n) is 20.8. The van der Waals surface area contributed by atoms with Crippen LogP contribution in [0.5, 0.6) is 0 Å². The van der Waals surface area contributed by atoms with Gasteiger partial charge in [-0.3, -0.25) is 14.8 Å². The van der Waals surface area contributed by atoms with Gasteiger partial charge in [0.25, 0.3) is 0 Å². The molecule has 0 aliphatic heterocycles. The maximum atomic E-state index is 12.2. The van der Waals surface area contributed by atoms with E-state index in [1.54, 1.807) is 0 Å². The summed E-state index contributed by atoms with van der Waals surface area (Å²) in [5.41, 5.74) is 9.60. The second kappa shape index (κ2) is 17.8. The van der Waals surface area contributed by atoms with Crippen LogP contribution in [0.4, 0.5) is 0 Å². The number of allylic oxidation sites excluding steroid dienone is 4. The third-order valence-electron chi connectivity index (χ3n) is 12.4. The Morgan fingerprint density at radius 2 is 1.58 bits per heavy atom. The number of pyridine rings is 2. The van der Waals surface area contributed by atoms with Crippen LogP contribution in [0.1, 0.15) is 144 Å². The molecule has 0 spiro atoms. The molecule has 4 nitrogen and oxygen atoms in total. The van der Waals surface area contributed by atoms with Crippen molar-refractivity contribution in [2.45, 2.75) is 140 Å². The number of thiophene rings is 1. The summed E-state index contributed by atoms with van der Waals surface area (Å²) in [7, 11) is 0. The van der Waals surface area contributed by atoms with Crippen LogP contribution in [-0.4, -0.2) is 20.9 Å². The standard InChI is InChI=1S/C36H37N2S.C15H28O2.Ir/c1-21(2)14-26-15-24-12-11-23(18-32(24)39-26)28-19-30(38-34-33(28)22(3)20-36(34,7)8)25-16-29(35(4,5)6)27-10-9-13-37-31(27)17-25;1-7-14(5,8-2)12(16)11-13(17)15(6,9-3)10-4;/h9-13,15-16,18-21H,14H2,1-8H3;11,16H,7-10H2,1-6H3;/q-1;;/b;12-11-;. The maximum Gasteiger partial charge on any atom is 0.164 e. The fourth-order valence-electron chi connectivity index (χ4n) is 7.76. The molecule has 3 aromatic heterocycles. The molecule has 1 aliphatic carbocycles. The molecule has 6 rings (SSSR count). The fraction of sp³-hybridized carbons (Fsp3) is 0.471. The predicted octanol–water partition coefficient (Wildman–Crippen LogP) is 14.8. The molecule has 57 heavy (non-hydrogen) atoms. The van der Waals surface area contributed by atoms with Gasteiger partial charge in [0.1, 0.15) is 5.76 Å². The average Bonchev–Trinajstić information content (AvgIpc) is 3.67. The largest absolute Gasteiger partial charge is 0.512 e. The number of hydrogen-bond donors (Lipinski definition) is 1. The van der Waals surface area contributed by atoms with E-state index < -0.39 is 0 Å². The van der Waals surface area contributed by atoms with Gasteiger partial charge in [0.2, 0.25) is 0 Å². The van der Waals surface area contributed by atoms with E-state index in [4.69, 9.17) is 9.97 Å². The maximum absolute atomic E-state index is 12.2. The minimum absolute atomic E-state index is 0. The molecule has 0 atom stereocenters. The quantitative estimate of drug-likeness (QED) is 0.0814. The Morgan fingerprint density at radius 3 is 2.18 bits per heavy atom. The van der Waals surface area contributed by atoms with E-state index in [1.165, 1.54) is 48.9 Å². The molecular weight excluding hydrogens is 897 g/mol. The Kier molecular flexibility index (Phi) is 14.5. The van der Waals surface area contributed by atoms with Crippen molar-refractivity contribution in [2.75, 3.05) is 0 Å². The Balaban J connectivity index is 0.000000341. The van der Waals surface area contributed by atoms with E-state index in [2.05, 4.69) is 110 Å². The molecule has 1 N–H and O–H groups in total. The van der Waals surface area contributed by atoms with E-state index >= 15 is 0 Å². The van der Waals surface area contributed by atoms with Crippen molar-refractivity contribution in [1.29, 1.82) is 0 Å². The smallest absolute Gasteiger partial charge is 0.164 e. The summed E-state index contributed by atoms with van der Waals surface area (Å²) in [4.78, 5) is 23.7. The first-order valence-corrected chi connectivity index (χ1v) is 21.6. The van der Waals surface area contributed by atoms with Crippen molar-refractivity contribution >= 4 is 43.7 Å². The van der Waals surface area contributed by atoms with E-state index in [0.29, 0.717) is 5.92 Å². The van der Waals surface area contributed by atoms with E-state index in [-0.39, 0.29) is 53.3 Å². The first kappa shape index (κ1) is 46.3. The van der Waals surface area contributed by atoms with Crippen molar-refractivity contribution < 1.29 is 30.0 Å². The normalized spacial score (nSPS) is 14.3. The van der Waals surface area contributed by atoms with Gasteiger partial charge in [-0.1, -0.05) is 132 Å². The summed E-state index contributed by atoms with van der Waals surface area (Å²) in [6.45, 7) is 30.2. The summed E-state index contributed by atoms with van der Waals surface area (Å²) in [5.74, 6) is 0.943. The third-order valence-corrected chi connectivity index (χ3v) is 13.5. The number of carbonyl (C=O) groups is 1. The van der Waals surface area contributed by atoms with Gasteiger partial charge in [-0.05, 0) is 95.8 Å². The van der Waals surface area contributed by atoms with Gasteiger partial charge in [-0.15, -0.1) is 34.6 Å². The molecule has 1 radical (unpaired) electrons. The van der Waals surface area contributed by atoms with Crippen LogP contribution >= 0.6 is 11.3 Å². The van der Waals surface area contributed by atoms with Crippen molar-refractivity contribution in [3.63, 3.8) is 0 Å². The molecule has 307 valence electrons. The van der Waals surface area contributed by atoms with E-state index in [9.17, 15) is 9.90 Å². The monoisotopic (exact) mass is 962 g/mol. The number of fused-ring (bicyclic) bond motifs is 3. The topological polar surface area (TPSA) is 63.1 Å². The van der Waals surface area contributed by atoms with Gasteiger partial charge in [0, 0.05) is 69.5 Å². The third kappa shape index (κ3) is 9.72. The number of ketones is 1. The minimum Gasteiger partial charge on any atom is -0.512 e. The summed E-state index contributed by atoms with van der Waals surface area (Å²) >= 11 is 1.93. The Labute approximate surface area is 361 Å². The van der Waals surface area contributed by atoms with Crippen molar-refractivity contribution in [3.8, 4) is 22.4 Å². The van der Waals surface area contributed by atoms with Crippen LogP contribution in [-0.2, 0) is 42.2 Å². The van der Waals surface area contributed by atoms with Gasteiger partial charge in [0.05, 0.1) is 0 Å². The number of aliphatic hydroxyl groups excluding tert-OH is 1. The van der Waals surface area contributed by atoms with Crippen molar-refractivity contribution in [3.05, 3.63) is 100 Å². The minimum atomic E-state index is -0.337. The Hall–Kier alpha value is -3.44. The van der Waals surface area contributed by atoms with Gasteiger partial charge in [-0.25, -0.2) is 0 Å². The van der Waals surface area contributed by atoms with Crippen molar-refractivity contribution in [1.82, 2.24) is 9.97 Å². The number of carbonyl (C=O) groups excluding carboxylic acids is 1. The SMILES string of the molecule is CC1=CC(C)(C)c2nc(-c3[c-]c4ncccc4c(C(C)(C)C)c3)cc(-c3ccc4cc(CC(C)C)sc4c3)c21.CCC(C)(CC)C(=O)/C=C(\O)C(C)(CC)CC.[Ir]. The van der Waals surface area contributed by atoms with Crippen LogP contribution in [0.2, 0.25) is 0 Å². The molecule has 0 bridgehead atoms. The van der Waals surface area contributed by atoms with E-state index in [0.717, 1.165) is 60.0 Å². The van der Waals surface area contributed by atoms with Gasteiger partial charge < -0.3 is 5.11 Å². The van der Waals surface area contributed by atoms with Crippen LogP contribution in [0.3, 0.4) is 0 Å². The summed E-state index contributed by atoms with van der Waals surface area (Å²) in [6, 6.07) is 21.7. The van der Waals surface area contributed by atoms with E-state index in [1.807, 2.05) is 65.1 Å². The molecule has 5 aromatic rings. The number of rotatable bonds is 11. The number of aromatic nitrogens is 2. The molecule has 0 unspecified atom stereocenters.